The standard InChI is InChI=1S/C27H30Cl2FN7O4/c1-13(2)22(34-19-11-32-27(36(3)4)35-24(19)41-6)20(21(31)26(39)40)23(14-7-8-16(28)18(30)9-14)33-15-10-17(29)25(38)37(5)12-15/h7-13,23,33H,31H2,1-6H3,(H,39,40)/b21-20+,34-22?. The van der Waals surface area contributed by atoms with Crippen molar-refractivity contribution in [3.05, 3.63) is 79.7 Å². The number of hydrogen-bond donors (Lipinski definition) is 3. The number of nitrogens with two attached hydrogens (primary N) is 1. The number of aliphatic imine (C=N–C) groups is 1. The molecule has 0 fully saturated rings. The van der Waals surface area contributed by atoms with Crippen molar-refractivity contribution in [2.24, 2.45) is 23.7 Å². The fourth-order valence-electron chi connectivity index (χ4n) is 3.91. The van der Waals surface area contributed by atoms with E-state index in [9.17, 15) is 19.1 Å². The molecule has 0 aliphatic carbocycles. The van der Waals surface area contributed by atoms with Crippen LogP contribution in [0.4, 0.5) is 21.7 Å². The molecule has 0 saturated heterocycles. The first kappa shape index (κ1) is 31.4. The number of carbonyl (C=O) groups is 1. The Balaban J connectivity index is 2.36. The molecule has 0 bridgehead atoms. The Labute approximate surface area is 246 Å². The minimum atomic E-state index is -1.43. The van der Waals surface area contributed by atoms with Crippen LogP contribution in [0.5, 0.6) is 5.88 Å². The lowest BCUT2D eigenvalue weighted by Gasteiger charge is -2.28. The van der Waals surface area contributed by atoms with Crippen LogP contribution in [0.15, 0.2) is 57.7 Å². The van der Waals surface area contributed by atoms with Crippen LogP contribution >= 0.6 is 23.2 Å². The van der Waals surface area contributed by atoms with Gasteiger partial charge < -0.3 is 30.4 Å². The predicted molar refractivity (Wildman–Crippen MR) is 158 cm³/mol. The molecule has 0 aliphatic rings. The van der Waals surface area contributed by atoms with Gasteiger partial charge in [0, 0.05) is 32.9 Å². The first-order valence-corrected chi connectivity index (χ1v) is 13.0. The van der Waals surface area contributed by atoms with E-state index in [4.69, 9.17) is 38.7 Å². The zero-order valence-corrected chi connectivity index (χ0v) is 24.7. The normalized spacial score (nSPS) is 13.1. The molecule has 3 aromatic rings. The first-order valence-electron chi connectivity index (χ1n) is 12.2. The van der Waals surface area contributed by atoms with E-state index in [0.717, 1.165) is 6.07 Å². The van der Waals surface area contributed by atoms with Crippen molar-refractivity contribution < 1.29 is 19.0 Å². The fraction of sp³-hybridized carbons (Fsp3) is 0.296. The van der Waals surface area contributed by atoms with Crippen molar-refractivity contribution in [2.45, 2.75) is 19.9 Å². The number of pyridine rings is 1. The molecular formula is C27H30Cl2FN7O4. The summed E-state index contributed by atoms with van der Waals surface area (Å²) in [5.74, 6) is -2.07. The Morgan fingerprint density at radius 2 is 1.93 bits per heavy atom. The third-order valence-electron chi connectivity index (χ3n) is 5.92. The Kier molecular flexibility index (Phi) is 9.95. The highest BCUT2D eigenvalue weighted by Crippen LogP contribution is 2.35. The smallest absolute Gasteiger partial charge is 0.352 e. The summed E-state index contributed by atoms with van der Waals surface area (Å²) in [6.45, 7) is 3.58. The van der Waals surface area contributed by atoms with Gasteiger partial charge in [-0.1, -0.05) is 43.1 Å². The van der Waals surface area contributed by atoms with Crippen LogP contribution < -0.4 is 26.2 Å². The molecule has 1 unspecified atom stereocenters. The molecule has 1 aromatic carbocycles. The monoisotopic (exact) mass is 605 g/mol. The highest BCUT2D eigenvalue weighted by Gasteiger charge is 2.30. The number of nitrogens with zero attached hydrogens (tertiary/aromatic N) is 5. The number of halogens is 3. The number of aryl methyl sites for hydroxylation is 1. The molecule has 4 N–H and O–H groups in total. The van der Waals surface area contributed by atoms with Crippen LogP contribution in [0, 0.1) is 11.7 Å². The van der Waals surface area contributed by atoms with Crippen LogP contribution in [0.2, 0.25) is 10.0 Å². The number of aromatic nitrogens is 3. The molecule has 3 rings (SSSR count). The van der Waals surface area contributed by atoms with Crippen molar-refractivity contribution in [2.75, 3.05) is 31.4 Å². The zero-order valence-electron chi connectivity index (χ0n) is 23.2. The Morgan fingerprint density at radius 3 is 2.46 bits per heavy atom. The molecule has 0 saturated carbocycles. The van der Waals surface area contributed by atoms with Gasteiger partial charge >= 0.3 is 5.97 Å². The van der Waals surface area contributed by atoms with Crippen molar-refractivity contribution in [3.8, 4) is 5.88 Å². The maximum Gasteiger partial charge on any atom is 0.352 e. The number of aliphatic carboxylic acids is 1. The van der Waals surface area contributed by atoms with Gasteiger partial charge in [0.1, 0.15) is 22.2 Å². The summed E-state index contributed by atoms with van der Waals surface area (Å²) >= 11 is 12.1. The quantitative estimate of drug-likeness (QED) is 0.223. The summed E-state index contributed by atoms with van der Waals surface area (Å²) in [6.07, 6.45) is 2.90. The van der Waals surface area contributed by atoms with Gasteiger partial charge in [-0.25, -0.2) is 19.2 Å². The van der Waals surface area contributed by atoms with E-state index in [2.05, 4.69) is 15.3 Å². The maximum absolute atomic E-state index is 14.7. The van der Waals surface area contributed by atoms with Crippen LogP contribution in [-0.4, -0.2) is 52.5 Å². The summed E-state index contributed by atoms with van der Waals surface area (Å²) in [5, 5.41) is 13.0. The molecule has 0 aliphatic heterocycles. The molecule has 2 aromatic heterocycles. The van der Waals surface area contributed by atoms with E-state index < -0.39 is 35.0 Å². The summed E-state index contributed by atoms with van der Waals surface area (Å²) in [4.78, 5) is 39.6. The van der Waals surface area contributed by atoms with E-state index >= 15 is 0 Å². The zero-order chi connectivity index (χ0) is 30.6. The molecule has 0 spiro atoms. The fourth-order valence-corrected chi connectivity index (χ4v) is 4.28. The predicted octanol–water partition coefficient (Wildman–Crippen LogP) is 4.58. The van der Waals surface area contributed by atoms with E-state index in [1.807, 2.05) is 0 Å². The minimum absolute atomic E-state index is 0.0259. The van der Waals surface area contributed by atoms with Gasteiger partial charge in [0.15, 0.2) is 0 Å². The van der Waals surface area contributed by atoms with Crippen molar-refractivity contribution in [1.29, 1.82) is 0 Å². The second kappa shape index (κ2) is 13.0. The highest BCUT2D eigenvalue weighted by atomic mass is 35.5. The minimum Gasteiger partial charge on any atom is -0.479 e. The third-order valence-corrected chi connectivity index (χ3v) is 6.49. The maximum atomic E-state index is 14.7. The number of nitrogens with one attached hydrogen (secondary N) is 1. The van der Waals surface area contributed by atoms with Gasteiger partial charge in [-0.05, 0) is 29.7 Å². The number of carboxylic acids is 1. The Hall–Kier alpha value is -4.16. The largest absolute Gasteiger partial charge is 0.479 e. The number of rotatable bonds is 10. The van der Waals surface area contributed by atoms with Crippen molar-refractivity contribution in [3.63, 3.8) is 0 Å². The van der Waals surface area contributed by atoms with Crippen LogP contribution in [-0.2, 0) is 11.8 Å². The van der Waals surface area contributed by atoms with Gasteiger partial charge in [-0.3, -0.25) is 4.79 Å². The van der Waals surface area contributed by atoms with Crippen molar-refractivity contribution >= 4 is 52.2 Å². The SMILES string of the molecule is COc1nc(N(C)C)ncc1N=C(/C(=C(\N)C(=O)O)C(Nc1cc(Cl)c(=O)n(C)c1)c1ccc(Cl)c(F)c1)C(C)C. The molecule has 11 nitrogen and oxygen atoms in total. The molecule has 218 valence electrons. The summed E-state index contributed by atoms with van der Waals surface area (Å²) in [6, 6.07) is 4.30. The van der Waals surface area contributed by atoms with Gasteiger partial charge in [0.2, 0.25) is 11.8 Å². The molecule has 0 amide bonds. The number of benzene rings is 1. The summed E-state index contributed by atoms with van der Waals surface area (Å²) < 4.78 is 21.4. The molecule has 0 radical (unpaired) electrons. The molecular weight excluding hydrogens is 576 g/mol. The van der Waals surface area contributed by atoms with Crippen molar-refractivity contribution in [1.82, 2.24) is 14.5 Å². The number of ether oxygens (including phenoxy) is 1. The van der Waals surface area contributed by atoms with E-state index in [1.54, 1.807) is 32.8 Å². The number of hydrogen-bond acceptors (Lipinski definition) is 9. The second-order valence-corrected chi connectivity index (χ2v) is 10.3. The lowest BCUT2D eigenvalue weighted by Crippen LogP contribution is -2.29. The molecule has 14 heteroatoms. The van der Waals surface area contributed by atoms with Crippen LogP contribution in [0.3, 0.4) is 0 Å². The lowest BCUT2D eigenvalue weighted by atomic mass is 9.87. The van der Waals surface area contributed by atoms with Gasteiger partial charge in [0.05, 0.1) is 35.8 Å². The Bertz CT molecular complexity index is 1560. The number of carboxylic acid groups (broad SMARTS) is 1. The summed E-state index contributed by atoms with van der Waals surface area (Å²) in [5.41, 5.74) is 6.30. The number of anilines is 2. The Morgan fingerprint density at radius 1 is 1.24 bits per heavy atom. The van der Waals surface area contributed by atoms with Crippen LogP contribution in [0.1, 0.15) is 25.5 Å². The average Bonchev–Trinajstić information content (AvgIpc) is 2.91. The molecule has 1 atom stereocenters. The second-order valence-electron chi connectivity index (χ2n) is 9.49. The number of methoxy groups -OCH3 is 1. The first-order chi connectivity index (χ1) is 19.2. The molecule has 2 heterocycles. The average molecular weight is 606 g/mol. The lowest BCUT2D eigenvalue weighted by molar-refractivity contribution is -0.132. The molecule has 41 heavy (non-hydrogen) atoms. The highest BCUT2D eigenvalue weighted by molar-refractivity contribution is 6.31. The topological polar surface area (TPSA) is 148 Å². The van der Waals surface area contributed by atoms with Gasteiger partial charge in [-0.2, -0.15) is 4.98 Å². The van der Waals surface area contributed by atoms with E-state index in [0.29, 0.717) is 11.6 Å². The van der Waals surface area contributed by atoms with E-state index in [1.165, 1.54) is 49.3 Å². The van der Waals surface area contributed by atoms with Crippen LogP contribution in [0.25, 0.3) is 0 Å². The van der Waals surface area contributed by atoms with Gasteiger partial charge in [-0.15, -0.1) is 0 Å². The van der Waals surface area contributed by atoms with Gasteiger partial charge in [0.25, 0.3) is 5.56 Å². The van der Waals surface area contributed by atoms with E-state index in [-0.39, 0.29) is 38.5 Å². The summed E-state index contributed by atoms with van der Waals surface area (Å²) in [7, 11) is 6.45. The third kappa shape index (κ3) is 7.14.